The minimum atomic E-state index is -0.333. The van der Waals surface area contributed by atoms with Crippen molar-refractivity contribution in [1.29, 1.82) is 0 Å². The number of benzene rings is 1. The van der Waals surface area contributed by atoms with Crippen LogP contribution in [-0.4, -0.2) is 23.4 Å². The van der Waals surface area contributed by atoms with Crippen LogP contribution >= 0.6 is 23.2 Å². The molecule has 0 saturated carbocycles. The van der Waals surface area contributed by atoms with E-state index >= 15 is 0 Å². The summed E-state index contributed by atoms with van der Waals surface area (Å²) in [7, 11) is 0. The summed E-state index contributed by atoms with van der Waals surface area (Å²) >= 11 is 12.4. The molecule has 1 unspecified atom stereocenters. The lowest BCUT2D eigenvalue weighted by Crippen LogP contribution is -2.51. The van der Waals surface area contributed by atoms with Crippen molar-refractivity contribution in [2.24, 2.45) is 10.7 Å². The van der Waals surface area contributed by atoms with E-state index in [1.54, 1.807) is 6.07 Å². The molecule has 0 amide bonds. The number of aliphatic imine (C=N–C) groups is 1. The fourth-order valence-corrected chi connectivity index (χ4v) is 3.09. The monoisotopic (exact) mass is 285 g/mol. The van der Waals surface area contributed by atoms with Crippen LogP contribution in [0.15, 0.2) is 23.2 Å². The second-order valence-corrected chi connectivity index (χ2v) is 5.88. The van der Waals surface area contributed by atoms with Gasteiger partial charge in [-0.2, -0.15) is 0 Å². The Morgan fingerprint density at radius 1 is 1.39 bits per heavy atom. The standard InChI is InChI=1S/C13H17Cl2N3/c1-8(2)18-12(16)17-7-13(18,3)10-6-9(14)4-5-11(10)15/h4-6,8H,7H2,1-3H3,(H2,16,17). The summed E-state index contributed by atoms with van der Waals surface area (Å²) in [4.78, 5) is 6.45. The first-order valence-corrected chi connectivity index (χ1v) is 6.66. The van der Waals surface area contributed by atoms with E-state index in [9.17, 15) is 0 Å². The third kappa shape index (κ3) is 2.06. The molecule has 1 aromatic rings. The first-order chi connectivity index (χ1) is 8.36. The van der Waals surface area contributed by atoms with Crippen molar-refractivity contribution < 1.29 is 0 Å². The summed E-state index contributed by atoms with van der Waals surface area (Å²) in [5, 5.41) is 1.36. The Hall–Kier alpha value is -0.930. The van der Waals surface area contributed by atoms with E-state index in [2.05, 4.69) is 30.7 Å². The molecule has 3 nitrogen and oxygen atoms in total. The maximum Gasteiger partial charge on any atom is 0.192 e. The van der Waals surface area contributed by atoms with Gasteiger partial charge in [0.2, 0.25) is 0 Å². The number of nitrogens with two attached hydrogens (primary N) is 1. The molecule has 18 heavy (non-hydrogen) atoms. The van der Waals surface area contributed by atoms with Crippen LogP contribution < -0.4 is 5.73 Å². The lowest BCUT2D eigenvalue weighted by atomic mass is 9.90. The van der Waals surface area contributed by atoms with Crippen LogP contribution in [0.5, 0.6) is 0 Å². The molecule has 1 aliphatic rings. The molecule has 0 spiro atoms. The molecule has 0 radical (unpaired) electrons. The van der Waals surface area contributed by atoms with E-state index in [0.717, 1.165) is 5.56 Å². The van der Waals surface area contributed by atoms with Gasteiger partial charge in [0.1, 0.15) is 0 Å². The van der Waals surface area contributed by atoms with Gasteiger partial charge >= 0.3 is 0 Å². The van der Waals surface area contributed by atoms with E-state index in [0.29, 0.717) is 22.5 Å². The van der Waals surface area contributed by atoms with Gasteiger partial charge in [-0.25, -0.2) is 0 Å². The maximum absolute atomic E-state index is 6.31. The van der Waals surface area contributed by atoms with Gasteiger partial charge in [-0.3, -0.25) is 4.99 Å². The molecule has 1 heterocycles. The maximum atomic E-state index is 6.31. The Bertz CT molecular complexity index is 499. The number of rotatable bonds is 2. The van der Waals surface area contributed by atoms with Gasteiger partial charge in [0, 0.05) is 16.1 Å². The number of halogens is 2. The highest BCUT2D eigenvalue weighted by Crippen LogP contribution is 2.39. The average Bonchev–Trinajstić information content (AvgIpc) is 2.59. The van der Waals surface area contributed by atoms with E-state index in [-0.39, 0.29) is 11.6 Å². The average molecular weight is 286 g/mol. The third-order valence-corrected chi connectivity index (χ3v) is 3.92. The normalized spacial score (nSPS) is 23.7. The predicted molar refractivity (Wildman–Crippen MR) is 77.3 cm³/mol. The van der Waals surface area contributed by atoms with Crippen LogP contribution in [0.1, 0.15) is 26.3 Å². The van der Waals surface area contributed by atoms with Crippen molar-refractivity contribution in [3.8, 4) is 0 Å². The molecule has 0 saturated heterocycles. The number of hydrogen-bond donors (Lipinski definition) is 1. The van der Waals surface area contributed by atoms with Crippen molar-refractivity contribution in [1.82, 2.24) is 4.90 Å². The summed E-state index contributed by atoms with van der Waals surface area (Å²) in [5.41, 5.74) is 6.61. The highest BCUT2D eigenvalue weighted by Gasteiger charge is 2.42. The molecule has 0 bridgehead atoms. The van der Waals surface area contributed by atoms with E-state index in [4.69, 9.17) is 28.9 Å². The van der Waals surface area contributed by atoms with Gasteiger partial charge in [0.25, 0.3) is 0 Å². The Morgan fingerprint density at radius 3 is 2.67 bits per heavy atom. The molecule has 1 aliphatic heterocycles. The molecule has 1 atom stereocenters. The van der Waals surface area contributed by atoms with Crippen LogP contribution in [-0.2, 0) is 5.54 Å². The third-order valence-electron chi connectivity index (χ3n) is 3.35. The Kier molecular flexibility index (Phi) is 3.47. The zero-order chi connectivity index (χ0) is 13.5. The van der Waals surface area contributed by atoms with Crippen molar-refractivity contribution in [2.75, 3.05) is 6.54 Å². The van der Waals surface area contributed by atoms with E-state index < -0.39 is 0 Å². The molecule has 0 aromatic heterocycles. The summed E-state index contributed by atoms with van der Waals surface area (Å²) in [6.07, 6.45) is 0. The number of guanidine groups is 1. The van der Waals surface area contributed by atoms with E-state index in [1.807, 2.05) is 12.1 Å². The predicted octanol–water partition coefficient (Wildman–Crippen LogP) is 3.25. The second-order valence-electron chi connectivity index (χ2n) is 5.04. The highest BCUT2D eigenvalue weighted by molar-refractivity contribution is 6.33. The van der Waals surface area contributed by atoms with Gasteiger partial charge in [-0.1, -0.05) is 23.2 Å². The highest BCUT2D eigenvalue weighted by atomic mass is 35.5. The molecule has 0 fully saturated rings. The van der Waals surface area contributed by atoms with Crippen LogP contribution in [0.3, 0.4) is 0 Å². The fraction of sp³-hybridized carbons (Fsp3) is 0.462. The SMILES string of the molecule is CC(C)N1C(N)=NCC1(C)c1cc(Cl)ccc1Cl. The molecule has 5 heteroatoms. The quantitative estimate of drug-likeness (QED) is 0.906. The molecule has 2 rings (SSSR count). The number of hydrogen-bond acceptors (Lipinski definition) is 3. The zero-order valence-corrected chi connectivity index (χ0v) is 12.3. The number of nitrogens with zero attached hydrogens (tertiary/aromatic N) is 2. The van der Waals surface area contributed by atoms with Crippen molar-refractivity contribution >= 4 is 29.2 Å². The Balaban J connectivity index is 2.52. The largest absolute Gasteiger partial charge is 0.370 e. The first kappa shape index (κ1) is 13.5. The summed E-state index contributed by atoms with van der Waals surface area (Å²) < 4.78 is 0. The second kappa shape index (κ2) is 4.63. The Labute approximate surface area is 118 Å². The molecule has 98 valence electrons. The van der Waals surface area contributed by atoms with Crippen LogP contribution in [0.25, 0.3) is 0 Å². The topological polar surface area (TPSA) is 41.6 Å². The van der Waals surface area contributed by atoms with Crippen LogP contribution in [0.4, 0.5) is 0 Å². The first-order valence-electron chi connectivity index (χ1n) is 5.91. The molecular weight excluding hydrogens is 269 g/mol. The lowest BCUT2D eigenvalue weighted by molar-refractivity contribution is 0.185. The lowest BCUT2D eigenvalue weighted by Gasteiger charge is -2.40. The molecule has 1 aromatic carbocycles. The van der Waals surface area contributed by atoms with Gasteiger partial charge in [0.05, 0.1) is 12.1 Å². The van der Waals surface area contributed by atoms with Crippen LogP contribution in [0, 0.1) is 0 Å². The summed E-state index contributed by atoms with van der Waals surface area (Å²) in [5.74, 6) is 0.559. The van der Waals surface area contributed by atoms with Gasteiger partial charge < -0.3 is 10.6 Å². The molecule has 2 N–H and O–H groups in total. The van der Waals surface area contributed by atoms with Crippen molar-refractivity contribution in [3.05, 3.63) is 33.8 Å². The van der Waals surface area contributed by atoms with Gasteiger partial charge in [0.15, 0.2) is 5.96 Å². The van der Waals surface area contributed by atoms with Crippen LogP contribution in [0.2, 0.25) is 10.0 Å². The smallest absolute Gasteiger partial charge is 0.192 e. The summed E-state index contributed by atoms with van der Waals surface area (Å²) in [6, 6.07) is 5.75. The van der Waals surface area contributed by atoms with Gasteiger partial charge in [-0.15, -0.1) is 0 Å². The Morgan fingerprint density at radius 2 is 2.06 bits per heavy atom. The minimum Gasteiger partial charge on any atom is -0.370 e. The van der Waals surface area contributed by atoms with Crippen molar-refractivity contribution in [2.45, 2.75) is 32.4 Å². The minimum absolute atomic E-state index is 0.247. The zero-order valence-electron chi connectivity index (χ0n) is 10.7. The summed E-state index contributed by atoms with van der Waals surface area (Å²) in [6.45, 7) is 6.86. The van der Waals surface area contributed by atoms with Gasteiger partial charge in [-0.05, 0) is 44.5 Å². The molecular formula is C13H17Cl2N3. The van der Waals surface area contributed by atoms with E-state index in [1.165, 1.54) is 0 Å². The fourth-order valence-electron chi connectivity index (χ4n) is 2.60. The molecule has 0 aliphatic carbocycles. The van der Waals surface area contributed by atoms with Crippen molar-refractivity contribution in [3.63, 3.8) is 0 Å².